The van der Waals surface area contributed by atoms with Crippen LogP contribution in [0, 0.1) is 28.8 Å². The van der Waals surface area contributed by atoms with Gasteiger partial charge in [0.1, 0.15) is 5.82 Å². The first kappa shape index (κ1) is 18.8. The topological polar surface area (TPSA) is 115 Å². The van der Waals surface area contributed by atoms with Gasteiger partial charge < -0.3 is 5.73 Å². The summed E-state index contributed by atoms with van der Waals surface area (Å²) in [6, 6.07) is 1.23. The molecular formula is C15H22FN3O4S. The van der Waals surface area contributed by atoms with E-state index in [4.69, 9.17) is 5.73 Å². The van der Waals surface area contributed by atoms with E-state index in [2.05, 4.69) is 4.72 Å². The van der Waals surface area contributed by atoms with E-state index in [-0.39, 0.29) is 18.0 Å². The van der Waals surface area contributed by atoms with E-state index in [1.807, 2.05) is 0 Å². The van der Waals surface area contributed by atoms with E-state index in [0.717, 1.165) is 44.2 Å². The molecule has 0 radical (unpaired) electrons. The average molecular weight is 359 g/mol. The number of hydrogen-bond donors (Lipinski definition) is 2. The molecule has 1 fully saturated rings. The predicted molar refractivity (Wildman–Crippen MR) is 87.5 cm³/mol. The maximum Gasteiger partial charge on any atom is 0.276 e. The van der Waals surface area contributed by atoms with E-state index in [1.165, 1.54) is 6.92 Å². The van der Waals surface area contributed by atoms with E-state index >= 15 is 0 Å². The molecule has 0 amide bonds. The number of nitro benzene ring substituents is 1. The van der Waals surface area contributed by atoms with Crippen LogP contribution in [0.2, 0.25) is 0 Å². The van der Waals surface area contributed by atoms with Crippen LogP contribution in [0.4, 0.5) is 10.1 Å². The zero-order valence-corrected chi connectivity index (χ0v) is 14.3. The highest BCUT2D eigenvalue weighted by Gasteiger charge is 2.29. The first-order chi connectivity index (χ1) is 11.3. The van der Waals surface area contributed by atoms with Crippen LogP contribution >= 0.6 is 0 Å². The molecule has 1 unspecified atom stereocenters. The van der Waals surface area contributed by atoms with Gasteiger partial charge in [0.15, 0.2) is 0 Å². The van der Waals surface area contributed by atoms with Crippen LogP contribution < -0.4 is 10.5 Å². The number of nitrogens with one attached hydrogen (secondary N) is 1. The van der Waals surface area contributed by atoms with Crippen molar-refractivity contribution in [2.24, 2.45) is 11.7 Å². The molecule has 24 heavy (non-hydrogen) atoms. The van der Waals surface area contributed by atoms with Crippen LogP contribution in [0.3, 0.4) is 0 Å². The lowest BCUT2D eigenvalue weighted by Crippen LogP contribution is -2.45. The Labute approximate surface area is 140 Å². The largest absolute Gasteiger partial charge is 0.329 e. The Morgan fingerprint density at radius 1 is 1.38 bits per heavy atom. The summed E-state index contributed by atoms with van der Waals surface area (Å²) in [5, 5.41) is 11.0. The molecule has 1 saturated carbocycles. The molecule has 9 heteroatoms. The van der Waals surface area contributed by atoms with Gasteiger partial charge in [-0.3, -0.25) is 10.1 Å². The van der Waals surface area contributed by atoms with Gasteiger partial charge in [-0.15, -0.1) is 0 Å². The van der Waals surface area contributed by atoms with Crippen molar-refractivity contribution in [2.75, 3.05) is 6.54 Å². The van der Waals surface area contributed by atoms with Crippen LogP contribution in [-0.2, 0) is 10.0 Å². The SMILES string of the molecule is Cc1c(F)cc(S(=O)(=O)NC(CN)C2CCCCC2)cc1[N+](=O)[O-]. The summed E-state index contributed by atoms with van der Waals surface area (Å²) >= 11 is 0. The van der Waals surface area contributed by atoms with Gasteiger partial charge in [-0.1, -0.05) is 19.3 Å². The summed E-state index contributed by atoms with van der Waals surface area (Å²) < 4.78 is 41.4. The fraction of sp³-hybridized carbons (Fsp3) is 0.600. The Balaban J connectivity index is 2.30. The molecule has 1 aliphatic carbocycles. The smallest absolute Gasteiger partial charge is 0.276 e. The second kappa shape index (κ2) is 7.54. The summed E-state index contributed by atoms with van der Waals surface area (Å²) in [6.07, 6.45) is 4.93. The number of nitrogens with zero attached hydrogens (tertiary/aromatic N) is 1. The fourth-order valence-electron chi connectivity index (χ4n) is 3.13. The Kier molecular flexibility index (Phi) is 5.89. The molecule has 134 valence electrons. The standard InChI is InChI=1S/C15H22FN3O4S/c1-10-13(16)7-12(8-15(10)19(20)21)24(22,23)18-14(9-17)11-5-3-2-4-6-11/h7-8,11,14,18H,2-6,9,17H2,1H3. The number of sulfonamides is 1. The lowest BCUT2D eigenvalue weighted by atomic mass is 9.84. The quantitative estimate of drug-likeness (QED) is 0.597. The number of benzene rings is 1. The predicted octanol–water partition coefficient (Wildman–Crippen LogP) is 2.23. The molecule has 2 rings (SSSR count). The van der Waals surface area contributed by atoms with Crippen molar-refractivity contribution in [1.29, 1.82) is 0 Å². The van der Waals surface area contributed by atoms with E-state index in [0.29, 0.717) is 0 Å². The number of hydrogen-bond acceptors (Lipinski definition) is 5. The van der Waals surface area contributed by atoms with Crippen LogP contribution in [-0.4, -0.2) is 25.9 Å². The Morgan fingerprint density at radius 2 is 2.00 bits per heavy atom. The van der Waals surface area contributed by atoms with Gasteiger partial charge in [-0.2, -0.15) is 0 Å². The summed E-state index contributed by atoms with van der Waals surface area (Å²) in [6.45, 7) is 1.36. The number of nitro groups is 1. The van der Waals surface area contributed by atoms with Crippen LogP contribution in [0.5, 0.6) is 0 Å². The first-order valence-corrected chi connectivity index (χ1v) is 9.41. The molecular weight excluding hydrogens is 337 g/mol. The van der Waals surface area contributed by atoms with Crippen LogP contribution in [0.25, 0.3) is 0 Å². The number of rotatable bonds is 6. The Morgan fingerprint density at radius 3 is 2.54 bits per heavy atom. The molecule has 1 aromatic carbocycles. The van der Waals surface area contributed by atoms with Crippen molar-refractivity contribution in [3.8, 4) is 0 Å². The molecule has 0 spiro atoms. The number of nitrogens with two attached hydrogens (primary N) is 1. The van der Waals surface area contributed by atoms with Crippen molar-refractivity contribution in [1.82, 2.24) is 4.72 Å². The number of halogens is 1. The second-order valence-corrected chi connectivity index (χ2v) is 7.88. The summed E-state index contributed by atoms with van der Waals surface area (Å²) in [5.74, 6) is -0.796. The summed E-state index contributed by atoms with van der Waals surface area (Å²) in [7, 11) is -4.09. The third-order valence-corrected chi connectivity index (χ3v) is 6.05. The van der Waals surface area contributed by atoms with Gasteiger partial charge in [0.25, 0.3) is 5.69 Å². The van der Waals surface area contributed by atoms with Crippen molar-refractivity contribution < 1.29 is 17.7 Å². The third-order valence-electron chi connectivity index (χ3n) is 4.58. The van der Waals surface area contributed by atoms with Crippen molar-refractivity contribution >= 4 is 15.7 Å². The van der Waals surface area contributed by atoms with E-state index in [1.54, 1.807) is 0 Å². The Bertz CT molecular complexity index is 718. The van der Waals surface area contributed by atoms with Crippen LogP contribution in [0.15, 0.2) is 17.0 Å². The van der Waals surface area contributed by atoms with Crippen molar-refractivity contribution in [3.63, 3.8) is 0 Å². The normalized spacial score (nSPS) is 17.6. The second-order valence-electron chi connectivity index (χ2n) is 6.17. The lowest BCUT2D eigenvalue weighted by Gasteiger charge is -2.29. The van der Waals surface area contributed by atoms with E-state index < -0.39 is 37.4 Å². The van der Waals surface area contributed by atoms with Gasteiger partial charge in [-0.05, 0) is 31.7 Å². The van der Waals surface area contributed by atoms with Gasteiger partial charge >= 0.3 is 0 Å². The van der Waals surface area contributed by atoms with Gasteiger partial charge in [0.2, 0.25) is 10.0 Å². The molecule has 0 bridgehead atoms. The van der Waals surface area contributed by atoms with Crippen molar-refractivity contribution in [2.45, 2.75) is 50.0 Å². The van der Waals surface area contributed by atoms with Crippen LogP contribution in [0.1, 0.15) is 37.7 Å². The minimum atomic E-state index is -4.09. The molecule has 7 nitrogen and oxygen atoms in total. The maximum atomic E-state index is 13.9. The maximum absolute atomic E-state index is 13.9. The zero-order valence-electron chi connectivity index (χ0n) is 13.5. The fourth-order valence-corrected chi connectivity index (χ4v) is 4.47. The van der Waals surface area contributed by atoms with Crippen molar-refractivity contribution in [3.05, 3.63) is 33.6 Å². The summed E-state index contributed by atoms with van der Waals surface area (Å²) in [4.78, 5) is 9.74. The molecule has 0 aliphatic heterocycles. The Hall–Kier alpha value is -1.58. The molecule has 1 aromatic rings. The molecule has 0 saturated heterocycles. The monoisotopic (exact) mass is 359 g/mol. The molecule has 3 N–H and O–H groups in total. The van der Waals surface area contributed by atoms with E-state index in [9.17, 15) is 22.9 Å². The molecule has 1 atom stereocenters. The minimum absolute atomic E-state index is 0.125. The minimum Gasteiger partial charge on any atom is -0.329 e. The van der Waals surface area contributed by atoms with Gasteiger partial charge in [0.05, 0.1) is 15.4 Å². The molecule has 0 aromatic heterocycles. The van der Waals surface area contributed by atoms with Gasteiger partial charge in [0, 0.05) is 18.7 Å². The average Bonchev–Trinajstić information content (AvgIpc) is 2.55. The highest BCUT2D eigenvalue weighted by molar-refractivity contribution is 7.89. The van der Waals surface area contributed by atoms with Gasteiger partial charge in [-0.25, -0.2) is 17.5 Å². The third kappa shape index (κ3) is 4.08. The highest BCUT2D eigenvalue weighted by Crippen LogP contribution is 2.28. The highest BCUT2D eigenvalue weighted by atomic mass is 32.2. The molecule has 0 heterocycles. The lowest BCUT2D eigenvalue weighted by molar-refractivity contribution is -0.385. The molecule has 1 aliphatic rings. The first-order valence-electron chi connectivity index (χ1n) is 7.93. The summed E-state index contributed by atoms with van der Waals surface area (Å²) in [5.41, 5.74) is 4.96. The zero-order chi connectivity index (χ0) is 17.9.